The van der Waals surface area contributed by atoms with E-state index in [0.717, 1.165) is 0 Å². The van der Waals surface area contributed by atoms with Crippen LogP contribution in [0.15, 0.2) is 10.6 Å². The third-order valence-electron chi connectivity index (χ3n) is 1.63. The van der Waals surface area contributed by atoms with Crippen LogP contribution in [-0.4, -0.2) is 17.1 Å². The second-order valence-corrected chi connectivity index (χ2v) is 3.07. The van der Waals surface area contributed by atoms with Crippen molar-refractivity contribution in [1.82, 2.24) is 10.5 Å². The minimum absolute atomic E-state index is 0.173. The third-order valence-corrected chi connectivity index (χ3v) is 1.63. The number of carbonyl (C=O) groups is 1. The van der Waals surface area contributed by atoms with Gasteiger partial charge in [0, 0.05) is 12.1 Å². The van der Waals surface area contributed by atoms with Gasteiger partial charge in [0.2, 0.25) is 5.76 Å². The first-order valence-corrected chi connectivity index (χ1v) is 4.24. The molecule has 1 unspecified atom stereocenters. The number of aromatic nitrogens is 1. The van der Waals surface area contributed by atoms with Crippen molar-refractivity contribution in [3.05, 3.63) is 17.5 Å². The van der Waals surface area contributed by atoms with E-state index in [9.17, 15) is 4.79 Å². The van der Waals surface area contributed by atoms with Crippen molar-refractivity contribution < 1.29 is 9.32 Å². The van der Waals surface area contributed by atoms with Crippen LogP contribution >= 0.6 is 0 Å². The number of amides is 1. The largest absolute Gasteiger partial charge is 0.351 e. The van der Waals surface area contributed by atoms with Gasteiger partial charge in [-0.15, -0.1) is 0 Å². The van der Waals surface area contributed by atoms with Crippen molar-refractivity contribution in [2.75, 3.05) is 0 Å². The lowest BCUT2D eigenvalue weighted by Gasteiger charge is -2.07. The van der Waals surface area contributed by atoms with Crippen LogP contribution in [0, 0.1) is 18.3 Å². The number of hydrogen-bond donors (Lipinski definition) is 1. The van der Waals surface area contributed by atoms with Crippen LogP contribution in [0.4, 0.5) is 0 Å². The van der Waals surface area contributed by atoms with Gasteiger partial charge in [0.05, 0.1) is 18.2 Å². The van der Waals surface area contributed by atoms with Crippen LogP contribution in [0.1, 0.15) is 29.6 Å². The maximum Gasteiger partial charge on any atom is 0.290 e. The Morgan fingerprint density at radius 1 is 1.86 bits per heavy atom. The van der Waals surface area contributed by atoms with Crippen LogP contribution < -0.4 is 5.32 Å². The molecule has 0 aliphatic heterocycles. The van der Waals surface area contributed by atoms with Gasteiger partial charge < -0.3 is 9.84 Å². The lowest BCUT2D eigenvalue weighted by molar-refractivity contribution is 0.0903. The van der Waals surface area contributed by atoms with Crippen LogP contribution in [0.2, 0.25) is 0 Å². The van der Waals surface area contributed by atoms with Gasteiger partial charge in [-0.3, -0.25) is 4.79 Å². The second-order valence-electron chi connectivity index (χ2n) is 3.07. The van der Waals surface area contributed by atoms with Gasteiger partial charge in [-0.05, 0) is 13.8 Å². The molecular formula is C9H11N3O2. The van der Waals surface area contributed by atoms with E-state index in [1.807, 2.05) is 6.07 Å². The Morgan fingerprint density at radius 2 is 2.57 bits per heavy atom. The first kappa shape index (κ1) is 10.3. The van der Waals surface area contributed by atoms with Gasteiger partial charge in [-0.25, -0.2) is 0 Å². The van der Waals surface area contributed by atoms with Crippen molar-refractivity contribution in [1.29, 1.82) is 5.26 Å². The smallest absolute Gasteiger partial charge is 0.290 e. The molecule has 5 nitrogen and oxygen atoms in total. The molecule has 74 valence electrons. The summed E-state index contributed by atoms with van der Waals surface area (Å²) in [5, 5.41) is 14.6. The number of nitrogens with one attached hydrogen (secondary N) is 1. The van der Waals surface area contributed by atoms with Gasteiger partial charge in [0.15, 0.2) is 0 Å². The van der Waals surface area contributed by atoms with Crippen LogP contribution in [-0.2, 0) is 0 Å². The van der Waals surface area contributed by atoms with E-state index in [4.69, 9.17) is 9.78 Å². The van der Waals surface area contributed by atoms with Crippen molar-refractivity contribution in [3.63, 3.8) is 0 Å². The summed E-state index contributed by atoms with van der Waals surface area (Å²) in [6.07, 6.45) is 0.277. The molecule has 0 aromatic carbocycles. The van der Waals surface area contributed by atoms with Crippen molar-refractivity contribution in [3.8, 4) is 6.07 Å². The average Bonchev–Trinajstić information content (AvgIpc) is 2.52. The van der Waals surface area contributed by atoms with Crippen LogP contribution in [0.25, 0.3) is 0 Å². The zero-order valence-electron chi connectivity index (χ0n) is 8.07. The maximum atomic E-state index is 11.4. The molecule has 1 atom stereocenters. The number of rotatable bonds is 3. The van der Waals surface area contributed by atoms with Crippen LogP contribution in [0.3, 0.4) is 0 Å². The van der Waals surface area contributed by atoms with E-state index in [1.54, 1.807) is 19.9 Å². The Kier molecular flexibility index (Phi) is 3.24. The Bertz CT molecular complexity index is 364. The number of hydrogen-bond acceptors (Lipinski definition) is 4. The molecule has 0 radical (unpaired) electrons. The third kappa shape index (κ3) is 2.59. The summed E-state index contributed by atoms with van der Waals surface area (Å²) in [7, 11) is 0. The highest BCUT2D eigenvalue weighted by Gasteiger charge is 2.13. The van der Waals surface area contributed by atoms with E-state index in [0.29, 0.717) is 5.69 Å². The molecule has 0 aliphatic carbocycles. The molecule has 14 heavy (non-hydrogen) atoms. The SMILES string of the molecule is Cc1cc(C(=O)NC(C)CC#N)on1. The molecular weight excluding hydrogens is 182 g/mol. The molecule has 1 heterocycles. The molecule has 0 fully saturated rings. The molecule has 1 rings (SSSR count). The maximum absolute atomic E-state index is 11.4. The van der Waals surface area contributed by atoms with Gasteiger partial charge in [0.25, 0.3) is 5.91 Å². The first-order valence-electron chi connectivity index (χ1n) is 4.24. The Hall–Kier alpha value is -1.83. The van der Waals surface area contributed by atoms with E-state index in [1.165, 1.54) is 0 Å². The van der Waals surface area contributed by atoms with Gasteiger partial charge in [-0.1, -0.05) is 5.16 Å². The topological polar surface area (TPSA) is 78.9 Å². The van der Waals surface area contributed by atoms with Crippen molar-refractivity contribution in [2.24, 2.45) is 0 Å². The Labute approximate surface area is 81.7 Å². The van der Waals surface area contributed by atoms with E-state index in [2.05, 4.69) is 10.5 Å². The predicted octanol–water partition coefficient (Wildman–Crippen LogP) is 1.01. The normalized spacial score (nSPS) is 11.8. The van der Waals surface area contributed by atoms with E-state index in [-0.39, 0.29) is 24.1 Å². The molecule has 1 amide bonds. The van der Waals surface area contributed by atoms with E-state index >= 15 is 0 Å². The fourth-order valence-electron chi connectivity index (χ4n) is 0.953. The summed E-state index contributed by atoms with van der Waals surface area (Å²) < 4.78 is 4.76. The van der Waals surface area contributed by atoms with E-state index < -0.39 is 0 Å². The number of carbonyl (C=O) groups excluding carboxylic acids is 1. The summed E-state index contributed by atoms with van der Waals surface area (Å²) in [5.41, 5.74) is 0.656. The van der Waals surface area contributed by atoms with Gasteiger partial charge in [-0.2, -0.15) is 5.26 Å². The lowest BCUT2D eigenvalue weighted by atomic mass is 10.2. The highest BCUT2D eigenvalue weighted by molar-refractivity contribution is 5.91. The summed E-state index contributed by atoms with van der Waals surface area (Å²) >= 11 is 0. The number of nitriles is 1. The number of aryl methyl sites for hydroxylation is 1. The summed E-state index contributed by atoms with van der Waals surface area (Å²) in [6, 6.07) is 3.34. The first-order chi connectivity index (χ1) is 6.63. The Morgan fingerprint density at radius 3 is 3.07 bits per heavy atom. The standard InChI is InChI=1S/C9H11N3O2/c1-6(3-4-10)11-9(13)8-5-7(2)12-14-8/h5-6H,3H2,1-2H3,(H,11,13). The minimum atomic E-state index is -0.339. The highest BCUT2D eigenvalue weighted by Crippen LogP contribution is 2.02. The zero-order valence-corrected chi connectivity index (χ0v) is 8.07. The molecule has 0 bridgehead atoms. The molecule has 1 aromatic heterocycles. The monoisotopic (exact) mass is 193 g/mol. The van der Waals surface area contributed by atoms with Gasteiger partial charge >= 0.3 is 0 Å². The molecule has 0 aliphatic rings. The van der Waals surface area contributed by atoms with Gasteiger partial charge in [0.1, 0.15) is 0 Å². The molecule has 0 spiro atoms. The van der Waals surface area contributed by atoms with Crippen LogP contribution in [0.5, 0.6) is 0 Å². The molecule has 0 saturated carbocycles. The molecule has 0 saturated heterocycles. The van der Waals surface area contributed by atoms with Crippen molar-refractivity contribution in [2.45, 2.75) is 26.3 Å². The molecule has 5 heteroatoms. The highest BCUT2D eigenvalue weighted by atomic mass is 16.5. The fourth-order valence-corrected chi connectivity index (χ4v) is 0.953. The summed E-state index contributed by atoms with van der Waals surface area (Å²) in [4.78, 5) is 11.4. The summed E-state index contributed by atoms with van der Waals surface area (Å²) in [5.74, 6) is -0.166. The minimum Gasteiger partial charge on any atom is -0.351 e. The average molecular weight is 193 g/mol. The quantitative estimate of drug-likeness (QED) is 0.777. The zero-order chi connectivity index (χ0) is 10.6. The summed E-state index contributed by atoms with van der Waals surface area (Å²) in [6.45, 7) is 3.49. The second kappa shape index (κ2) is 4.42. The molecule has 1 aromatic rings. The molecule has 1 N–H and O–H groups in total. The number of nitrogens with zero attached hydrogens (tertiary/aromatic N) is 2. The lowest BCUT2D eigenvalue weighted by Crippen LogP contribution is -2.31. The predicted molar refractivity (Wildman–Crippen MR) is 48.4 cm³/mol. The fraction of sp³-hybridized carbons (Fsp3) is 0.444. The Balaban J connectivity index is 2.55. The van der Waals surface area contributed by atoms with Crippen molar-refractivity contribution >= 4 is 5.91 Å².